The van der Waals surface area contributed by atoms with Crippen molar-refractivity contribution in [3.8, 4) is 5.69 Å². The van der Waals surface area contributed by atoms with Crippen LogP contribution in [0.5, 0.6) is 0 Å². The molecular weight excluding hydrogens is 400 g/mol. The predicted octanol–water partition coefficient (Wildman–Crippen LogP) is 4.48. The first-order valence-electron chi connectivity index (χ1n) is 7.68. The summed E-state index contributed by atoms with van der Waals surface area (Å²) in [7, 11) is 0. The van der Waals surface area contributed by atoms with Crippen LogP contribution in [0.25, 0.3) is 5.69 Å². The lowest BCUT2D eigenvalue weighted by Crippen LogP contribution is -2.52. The summed E-state index contributed by atoms with van der Waals surface area (Å²) in [6.45, 7) is -2.13. The summed E-state index contributed by atoms with van der Waals surface area (Å²) < 4.78 is 80.0. The second kappa shape index (κ2) is 6.43. The molecule has 0 unspecified atom stereocenters. The Kier molecular flexibility index (Phi) is 4.65. The number of aromatic nitrogens is 2. The van der Waals surface area contributed by atoms with Crippen molar-refractivity contribution in [3.05, 3.63) is 47.2 Å². The molecule has 0 atom stereocenters. The van der Waals surface area contributed by atoms with E-state index in [-0.39, 0.29) is 5.56 Å². The van der Waals surface area contributed by atoms with E-state index in [0.717, 1.165) is 6.20 Å². The molecule has 146 valence electrons. The van der Waals surface area contributed by atoms with Crippen molar-refractivity contribution in [1.29, 1.82) is 0 Å². The van der Waals surface area contributed by atoms with E-state index in [0.29, 0.717) is 15.6 Å². The van der Waals surface area contributed by atoms with E-state index in [9.17, 15) is 31.1 Å². The number of carbonyl (C=O) groups is 1. The number of para-hydroxylation sites is 1. The maximum absolute atomic E-state index is 13.1. The van der Waals surface area contributed by atoms with Crippen molar-refractivity contribution in [2.45, 2.75) is 18.8 Å². The summed E-state index contributed by atoms with van der Waals surface area (Å²) in [6, 6.07) is 6.49. The molecule has 0 N–H and O–H groups in total. The Hall–Kier alpha value is -2.23. The molecule has 3 rings (SSSR count). The predicted molar refractivity (Wildman–Crippen MR) is 83.6 cm³/mol. The smallest absolute Gasteiger partial charge is 0.337 e. The van der Waals surface area contributed by atoms with Gasteiger partial charge in [-0.05, 0) is 18.6 Å². The number of halogens is 7. The summed E-state index contributed by atoms with van der Waals surface area (Å²) in [6.07, 6.45) is -9.97. The van der Waals surface area contributed by atoms with Gasteiger partial charge in [-0.2, -0.15) is 31.4 Å². The summed E-state index contributed by atoms with van der Waals surface area (Å²) in [4.78, 5) is 13.0. The van der Waals surface area contributed by atoms with Crippen molar-refractivity contribution in [2.24, 2.45) is 5.41 Å². The number of benzene rings is 1. The van der Waals surface area contributed by atoms with Crippen molar-refractivity contribution >= 4 is 17.5 Å². The molecular formula is C16H12ClF6N3O. The molecule has 1 aromatic heterocycles. The number of nitrogens with zero attached hydrogens (tertiary/aromatic N) is 3. The van der Waals surface area contributed by atoms with E-state index in [2.05, 4.69) is 5.10 Å². The summed E-state index contributed by atoms with van der Waals surface area (Å²) in [5.41, 5.74) is -3.64. The monoisotopic (exact) mass is 411 g/mol. The molecule has 11 heteroatoms. The van der Waals surface area contributed by atoms with Gasteiger partial charge in [0.2, 0.25) is 0 Å². The lowest BCUT2D eigenvalue weighted by molar-refractivity contribution is -0.334. The van der Waals surface area contributed by atoms with Crippen LogP contribution in [-0.2, 0) is 0 Å². The van der Waals surface area contributed by atoms with Gasteiger partial charge >= 0.3 is 12.4 Å². The molecule has 1 saturated heterocycles. The molecule has 1 fully saturated rings. The number of alkyl halides is 6. The largest absolute Gasteiger partial charge is 0.404 e. The number of hydrogen-bond donors (Lipinski definition) is 0. The Morgan fingerprint density at radius 1 is 1.11 bits per heavy atom. The van der Waals surface area contributed by atoms with Crippen LogP contribution >= 0.6 is 11.6 Å². The van der Waals surface area contributed by atoms with Gasteiger partial charge in [-0.25, -0.2) is 4.68 Å². The average Bonchev–Trinajstić information content (AvgIpc) is 3.22. The lowest BCUT2D eigenvalue weighted by Gasteiger charge is -2.33. The second-order valence-electron chi connectivity index (χ2n) is 6.18. The van der Waals surface area contributed by atoms with Crippen LogP contribution in [0, 0.1) is 5.41 Å². The van der Waals surface area contributed by atoms with Crippen LogP contribution in [0.2, 0.25) is 5.02 Å². The third kappa shape index (κ3) is 3.26. The van der Waals surface area contributed by atoms with Gasteiger partial charge in [0.05, 0.1) is 22.5 Å². The Bertz CT molecular complexity index is 846. The van der Waals surface area contributed by atoms with Gasteiger partial charge in [0.25, 0.3) is 5.91 Å². The van der Waals surface area contributed by atoms with Crippen LogP contribution in [0.1, 0.15) is 16.8 Å². The van der Waals surface area contributed by atoms with Gasteiger partial charge in [-0.3, -0.25) is 4.79 Å². The summed E-state index contributed by atoms with van der Waals surface area (Å²) in [5.74, 6) is -0.955. The van der Waals surface area contributed by atoms with Crippen LogP contribution in [-0.4, -0.2) is 46.0 Å². The topological polar surface area (TPSA) is 38.1 Å². The second-order valence-corrected chi connectivity index (χ2v) is 6.59. The van der Waals surface area contributed by atoms with Crippen molar-refractivity contribution in [2.75, 3.05) is 13.1 Å². The third-order valence-corrected chi connectivity index (χ3v) is 4.89. The summed E-state index contributed by atoms with van der Waals surface area (Å²) in [5, 5.41) is 4.23. The van der Waals surface area contributed by atoms with Gasteiger partial charge < -0.3 is 4.90 Å². The lowest BCUT2D eigenvalue weighted by atomic mass is 9.85. The molecule has 2 aromatic rings. The molecule has 1 aliphatic heterocycles. The fraction of sp³-hybridized carbons (Fsp3) is 0.375. The fourth-order valence-corrected chi connectivity index (χ4v) is 3.21. The number of likely N-dealkylation sites (tertiary alicyclic amines) is 1. The molecule has 1 aliphatic rings. The first kappa shape index (κ1) is 19.5. The number of amides is 1. The van der Waals surface area contributed by atoms with Crippen molar-refractivity contribution in [3.63, 3.8) is 0 Å². The fourth-order valence-electron chi connectivity index (χ4n) is 2.99. The minimum atomic E-state index is -5.51. The van der Waals surface area contributed by atoms with E-state index >= 15 is 0 Å². The minimum Gasteiger partial charge on any atom is -0.337 e. The highest BCUT2D eigenvalue weighted by molar-refractivity contribution is 6.32. The van der Waals surface area contributed by atoms with Gasteiger partial charge in [0, 0.05) is 19.3 Å². The van der Waals surface area contributed by atoms with Crippen LogP contribution < -0.4 is 0 Å². The van der Waals surface area contributed by atoms with Gasteiger partial charge in [0.15, 0.2) is 5.41 Å². The van der Waals surface area contributed by atoms with Gasteiger partial charge in [0.1, 0.15) is 0 Å². The van der Waals surface area contributed by atoms with Crippen LogP contribution in [0.3, 0.4) is 0 Å². The van der Waals surface area contributed by atoms with Gasteiger partial charge in [-0.15, -0.1) is 0 Å². The number of hydrogen-bond acceptors (Lipinski definition) is 2. The van der Waals surface area contributed by atoms with Crippen molar-refractivity contribution in [1.82, 2.24) is 14.7 Å². The van der Waals surface area contributed by atoms with Crippen LogP contribution in [0.15, 0.2) is 36.7 Å². The minimum absolute atomic E-state index is 0.130. The highest BCUT2D eigenvalue weighted by Gasteiger charge is 2.72. The summed E-state index contributed by atoms with van der Waals surface area (Å²) >= 11 is 6.01. The molecule has 1 amide bonds. The van der Waals surface area contributed by atoms with Crippen molar-refractivity contribution < 1.29 is 31.1 Å². The molecule has 0 saturated carbocycles. The molecule has 0 radical (unpaired) electrons. The zero-order chi connectivity index (χ0) is 20.0. The first-order chi connectivity index (χ1) is 12.5. The zero-order valence-corrected chi connectivity index (χ0v) is 14.2. The Labute approximate surface area is 154 Å². The number of rotatable bonds is 2. The average molecular weight is 412 g/mol. The molecule has 0 spiro atoms. The maximum atomic E-state index is 13.1. The molecule has 2 heterocycles. The van der Waals surface area contributed by atoms with E-state index in [1.807, 2.05) is 0 Å². The number of carbonyl (C=O) groups excluding carboxylic acids is 1. The van der Waals surface area contributed by atoms with E-state index < -0.39 is 43.2 Å². The SMILES string of the molecule is O=C(c1cnn(-c2ccccc2Cl)c1)N1CCC(C(F)(F)F)(C(F)(F)F)C1. The molecule has 4 nitrogen and oxygen atoms in total. The quantitative estimate of drug-likeness (QED) is 0.683. The molecule has 0 bridgehead atoms. The van der Waals surface area contributed by atoms with E-state index in [1.54, 1.807) is 24.3 Å². The Morgan fingerprint density at radius 2 is 1.74 bits per heavy atom. The maximum Gasteiger partial charge on any atom is 0.404 e. The van der Waals surface area contributed by atoms with E-state index in [4.69, 9.17) is 11.6 Å². The molecule has 0 aliphatic carbocycles. The molecule has 27 heavy (non-hydrogen) atoms. The highest BCUT2D eigenvalue weighted by Crippen LogP contribution is 2.55. The Balaban J connectivity index is 1.85. The van der Waals surface area contributed by atoms with Gasteiger partial charge in [-0.1, -0.05) is 23.7 Å². The normalized spacial score (nSPS) is 17.4. The Morgan fingerprint density at radius 3 is 2.30 bits per heavy atom. The standard InChI is InChI=1S/C16H12ClF6N3O/c17-11-3-1-2-4-12(11)26-8-10(7-24-26)13(27)25-6-5-14(9-25,15(18,19)20)16(21,22)23/h1-4,7-8H,5-6,9H2. The molecule has 1 aromatic carbocycles. The first-order valence-corrected chi connectivity index (χ1v) is 8.06. The third-order valence-electron chi connectivity index (χ3n) is 4.57. The zero-order valence-electron chi connectivity index (χ0n) is 13.5. The van der Waals surface area contributed by atoms with E-state index in [1.165, 1.54) is 10.9 Å². The highest BCUT2D eigenvalue weighted by atomic mass is 35.5. The van der Waals surface area contributed by atoms with Crippen LogP contribution in [0.4, 0.5) is 26.3 Å².